The summed E-state index contributed by atoms with van der Waals surface area (Å²) >= 11 is 6.92. The minimum absolute atomic E-state index is 0.189. The minimum atomic E-state index is -3.62. The molecule has 0 unspecified atom stereocenters. The van der Waals surface area contributed by atoms with E-state index in [0.717, 1.165) is 22.5 Å². The van der Waals surface area contributed by atoms with Gasteiger partial charge in [-0.1, -0.05) is 17.7 Å². The molecule has 0 aliphatic carbocycles. The summed E-state index contributed by atoms with van der Waals surface area (Å²) in [5.74, 6) is 0. The van der Waals surface area contributed by atoms with Crippen LogP contribution in [0.4, 0.5) is 11.4 Å². The zero-order valence-corrected chi connectivity index (χ0v) is 12.8. The smallest absolute Gasteiger partial charge is 0.271 e. The van der Waals surface area contributed by atoms with Crippen LogP contribution in [-0.2, 0) is 10.0 Å². The van der Waals surface area contributed by atoms with Crippen LogP contribution in [-0.4, -0.2) is 8.42 Å². The second-order valence-electron chi connectivity index (χ2n) is 4.20. The second kappa shape index (κ2) is 5.03. The summed E-state index contributed by atoms with van der Waals surface area (Å²) in [6, 6.07) is 6.58. The molecule has 102 valence electrons. The maximum absolute atomic E-state index is 12.2. The third-order valence-electron chi connectivity index (χ3n) is 2.63. The van der Waals surface area contributed by atoms with Crippen molar-refractivity contribution in [3.05, 3.63) is 39.7 Å². The van der Waals surface area contributed by atoms with Gasteiger partial charge >= 0.3 is 0 Å². The van der Waals surface area contributed by atoms with Crippen LogP contribution in [0.3, 0.4) is 0 Å². The van der Waals surface area contributed by atoms with Crippen LogP contribution in [0.25, 0.3) is 0 Å². The maximum atomic E-state index is 12.2. The summed E-state index contributed by atoms with van der Waals surface area (Å²) in [5, 5.41) is 0. The van der Waals surface area contributed by atoms with E-state index in [1.165, 1.54) is 0 Å². The number of hydrogen-bond donors (Lipinski definition) is 2. The maximum Gasteiger partial charge on any atom is 0.271 e. The fraction of sp³-hybridized carbons (Fsp3) is 0.167. The molecule has 4 nitrogen and oxygen atoms in total. The normalized spacial score (nSPS) is 11.5. The van der Waals surface area contributed by atoms with E-state index in [1.54, 1.807) is 31.2 Å². The van der Waals surface area contributed by atoms with E-state index >= 15 is 0 Å². The average molecular weight is 317 g/mol. The van der Waals surface area contributed by atoms with E-state index in [2.05, 4.69) is 4.72 Å². The van der Waals surface area contributed by atoms with E-state index in [0.29, 0.717) is 15.7 Å². The van der Waals surface area contributed by atoms with Crippen molar-refractivity contribution in [1.82, 2.24) is 0 Å². The predicted molar refractivity (Wildman–Crippen MR) is 80.5 cm³/mol. The van der Waals surface area contributed by atoms with Gasteiger partial charge in [-0.3, -0.25) is 4.72 Å². The van der Waals surface area contributed by atoms with Crippen LogP contribution < -0.4 is 10.5 Å². The molecule has 0 spiro atoms. The molecule has 2 rings (SSSR count). The molecule has 0 amide bonds. The van der Waals surface area contributed by atoms with Gasteiger partial charge in [-0.05, 0) is 43.2 Å². The van der Waals surface area contributed by atoms with Gasteiger partial charge in [0.1, 0.15) is 4.21 Å². The monoisotopic (exact) mass is 316 g/mol. The SMILES string of the molecule is Cc1ccc(NS(=O)(=O)c2cc(C)c(Cl)s2)cc1N. The Labute approximate surface area is 121 Å². The Balaban J connectivity index is 2.33. The molecular weight excluding hydrogens is 304 g/mol. The molecule has 2 aromatic rings. The standard InChI is InChI=1S/C12H13ClN2O2S2/c1-7-3-4-9(6-10(7)14)15-19(16,17)11-5-8(2)12(13)18-11/h3-6,15H,14H2,1-2H3. The van der Waals surface area contributed by atoms with Gasteiger partial charge in [0, 0.05) is 5.69 Å². The van der Waals surface area contributed by atoms with E-state index in [-0.39, 0.29) is 4.21 Å². The first-order valence-corrected chi connectivity index (χ1v) is 8.12. The number of nitrogens with two attached hydrogens (primary N) is 1. The molecular formula is C12H13ClN2O2S2. The average Bonchev–Trinajstić information content (AvgIpc) is 2.65. The molecule has 0 bridgehead atoms. The van der Waals surface area contributed by atoms with Gasteiger partial charge in [-0.2, -0.15) is 0 Å². The molecule has 0 fully saturated rings. The number of nitrogen functional groups attached to an aromatic ring is 1. The lowest BCUT2D eigenvalue weighted by Crippen LogP contribution is -2.11. The molecule has 1 aromatic heterocycles. The number of nitrogens with one attached hydrogen (secondary N) is 1. The quantitative estimate of drug-likeness (QED) is 0.852. The fourth-order valence-corrected chi connectivity index (χ4v) is 4.23. The number of sulfonamides is 1. The molecule has 1 aromatic carbocycles. The van der Waals surface area contributed by atoms with Crippen LogP contribution in [0.15, 0.2) is 28.5 Å². The lowest BCUT2D eigenvalue weighted by atomic mass is 10.2. The summed E-state index contributed by atoms with van der Waals surface area (Å²) in [5.41, 5.74) is 8.38. The van der Waals surface area contributed by atoms with Gasteiger partial charge in [0.25, 0.3) is 10.0 Å². The Kier molecular flexibility index (Phi) is 3.75. The first-order valence-electron chi connectivity index (χ1n) is 5.44. The number of thiophene rings is 1. The number of rotatable bonds is 3. The van der Waals surface area contributed by atoms with Crippen molar-refractivity contribution in [3.63, 3.8) is 0 Å². The molecule has 3 N–H and O–H groups in total. The largest absolute Gasteiger partial charge is 0.398 e. The second-order valence-corrected chi connectivity index (χ2v) is 7.76. The lowest BCUT2D eigenvalue weighted by molar-refractivity contribution is 0.603. The van der Waals surface area contributed by atoms with Crippen molar-refractivity contribution in [2.24, 2.45) is 0 Å². The summed E-state index contributed by atoms with van der Waals surface area (Å²) in [6.45, 7) is 3.62. The molecule has 0 saturated heterocycles. The Bertz CT molecular complexity index is 704. The van der Waals surface area contributed by atoms with Crippen LogP contribution in [0, 0.1) is 13.8 Å². The molecule has 0 aliphatic rings. The topological polar surface area (TPSA) is 72.2 Å². The summed E-state index contributed by atoms with van der Waals surface area (Å²) < 4.78 is 27.5. The first kappa shape index (κ1) is 14.2. The highest BCUT2D eigenvalue weighted by Crippen LogP contribution is 2.31. The zero-order chi connectivity index (χ0) is 14.2. The molecule has 19 heavy (non-hydrogen) atoms. The summed E-state index contributed by atoms with van der Waals surface area (Å²) in [7, 11) is -3.62. The molecule has 1 heterocycles. The van der Waals surface area contributed by atoms with E-state index < -0.39 is 10.0 Å². The molecule has 0 radical (unpaired) electrons. The first-order chi connectivity index (χ1) is 8.79. The number of benzene rings is 1. The van der Waals surface area contributed by atoms with Crippen LogP contribution >= 0.6 is 22.9 Å². The van der Waals surface area contributed by atoms with Crippen molar-refractivity contribution in [2.45, 2.75) is 18.1 Å². The zero-order valence-electron chi connectivity index (χ0n) is 10.4. The molecule has 0 aliphatic heterocycles. The molecule has 0 saturated carbocycles. The lowest BCUT2D eigenvalue weighted by Gasteiger charge is -2.08. The highest BCUT2D eigenvalue weighted by Gasteiger charge is 2.18. The Hall–Kier alpha value is -1.24. The number of hydrogen-bond acceptors (Lipinski definition) is 4. The van der Waals surface area contributed by atoms with Crippen molar-refractivity contribution >= 4 is 44.3 Å². The van der Waals surface area contributed by atoms with Gasteiger partial charge in [-0.25, -0.2) is 8.42 Å². The van der Waals surface area contributed by atoms with Crippen LogP contribution in [0.2, 0.25) is 4.34 Å². The Morgan fingerprint density at radius 1 is 1.21 bits per heavy atom. The van der Waals surface area contributed by atoms with E-state index in [9.17, 15) is 8.42 Å². The van der Waals surface area contributed by atoms with Gasteiger partial charge in [0.05, 0.1) is 10.0 Å². The third kappa shape index (κ3) is 3.02. The van der Waals surface area contributed by atoms with E-state index in [1.807, 2.05) is 6.92 Å². The number of halogens is 1. The van der Waals surface area contributed by atoms with Gasteiger partial charge < -0.3 is 5.73 Å². The van der Waals surface area contributed by atoms with Crippen molar-refractivity contribution < 1.29 is 8.42 Å². The Morgan fingerprint density at radius 3 is 2.42 bits per heavy atom. The van der Waals surface area contributed by atoms with E-state index in [4.69, 9.17) is 17.3 Å². The fourth-order valence-electron chi connectivity index (χ4n) is 1.47. The molecule has 0 atom stereocenters. The highest BCUT2D eigenvalue weighted by atomic mass is 35.5. The summed E-state index contributed by atoms with van der Waals surface area (Å²) in [6.07, 6.45) is 0. The van der Waals surface area contributed by atoms with Crippen molar-refractivity contribution in [3.8, 4) is 0 Å². The predicted octanol–water partition coefficient (Wildman–Crippen LogP) is 3.40. The number of anilines is 2. The van der Waals surface area contributed by atoms with Crippen LogP contribution in [0.5, 0.6) is 0 Å². The van der Waals surface area contributed by atoms with Gasteiger partial charge in [0.2, 0.25) is 0 Å². The van der Waals surface area contributed by atoms with Crippen molar-refractivity contribution in [2.75, 3.05) is 10.5 Å². The third-order valence-corrected chi connectivity index (χ3v) is 6.04. The van der Waals surface area contributed by atoms with Crippen molar-refractivity contribution in [1.29, 1.82) is 0 Å². The van der Waals surface area contributed by atoms with Crippen LogP contribution in [0.1, 0.15) is 11.1 Å². The minimum Gasteiger partial charge on any atom is -0.398 e. The summed E-state index contributed by atoms with van der Waals surface area (Å²) in [4.78, 5) is 0. The molecule has 7 heteroatoms. The van der Waals surface area contributed by atoms with Gasteiger partial charge in [0.15, 0.2) is 0 Å². The highest BCUT2D eigenvalue weighted by molar-refractivity contribution is 7.94. The Morgan fingerprint density at radius 2 is 1.89 bits per heavy atom. The number of aryl methyl sites for hydroxylation is 2. The van der Waals surface area contributed by atoms with Gasteiger partial charge in [-0.15, -0.1) is 11.3 Å².